The molecule has 0 spiro atoms. The molecule has 0 bridgehead atoms. The van der Waals surface area contributed by atoms with Gasteiger partial charge in [0.2, 0.25) is 0 Å². The molecule has 0 radical (unpaired) electrons. The number of hydrogen-bond acceptors (Lipinski definition) is 3. The maximum atomic E-state index is 12.7. The highest BCUT2D eigenvalue weighted by Crippen LogP contribution is 2.22. The summed E-state index contributed by atoms with van der Waals surface area (Å²) in [5.74, 6) is -0.176. The van der Waals surface area contributed by atoms with Crippen molar-refractivity contribution in [1.29, 1.82) is 0 Å². The lowest BCUT2D eigenvalue weighted by Gasteiger charge is -2.13. The number of carbonyl (C=O) groups excluding carboxylic acids is 1. The lowest BCUT2D eigenvalue weighted by Crippen LogP contribution is -2.19. The van der Waals surface area contributed by atoms with Crippen molar-refractivity contribution in [1.82, 2.24) is 9.55 Å². The molecular weight excluding hydrogens is 362 g/mol. The first-order valence-electron chi connectivity index (χ1n) is 9.55. The molecule has 1 heterocycles. The zero-order valence-corrected chi connectivity index (χ0v) is 16.3. The summed E-state index contributed by atoms with van der Waals surface area (Å²) in [6.45, 7) is 4.05. The van der Waals surface area contributed by atoms with Gasteiger partial charge in [-0.1, -0.05) is 37.3 Å². The molecule has 1 N–H and O–H groups in total. The topological polar surface area (TPSA) is 64.0 Å². The monoisotopic (exact) mass is 383 g/mol. The molecule has 4 rings (SSSR count). The number of aryl methyl sites for hydroxylation is 2. The van der Waals surface area contributed by atoms with Crippen LogP contribution < -0.4 is 10.9 Å². The quantitative estimate of drug-likeness (QED) is 0.564. The minimum Gasteiger partial charge on any atom is -0.321 e. The van der Waals surface area contributed by atoms with E-state index in [1.165, 1.54) is 10.9 Å². The van der Waals surface area contributed by atoms with E-state index in [2.05, 4.69) is 17.2 Å². The van der Waals surface area contributed by atoms with Crippen LogP contribution in [0.5, 0.6) is 0 Å². The third kappa shape index (κ3) is 3.55. The van der Waals surface area contributed by atoms with Gasteiger partial charge in [0, 0.05) is 11.3 Å². The predicted molar refractivity (Wildman–Crippen MR) is 116 cm³/mol. The van der Waals surface area contributed by atoms with E-state index in [-0.39, 0.29) is 11.5 Å². The van der Waals surface area contributed by atoms with Gasteiger partial charge in [0.05, 0.1) is 16.6 Å². The Morgan fingerprint density at radius 2 is 1.76 bits per heavy atom. The maximum Gasteiger partial charge on any atom is 0.265 e. The van der Waals surface area contributed by atoms with Crippen LogP contribution in [0.25, 0.3) is 16.6 Å². The average Bonchev–Trinajstić information content (AvgIpc) is 2.75. The molecule has 0 aliphatic heterocycles. The summed E-state index contributed by atoms with van der Waals surface area (Å²) in [6, 6.07) is 20.2. The summed E-state index contributed by atoms with van der Waals surface area (Å²) in [5.41, 5.74) is 4.71. The number of nitrogens with zero attached hydrogens (tertiary/aromatic N) is 2. The molecule has 5 nitrogen and oxygen atoms in total. The molecule has 0 saturated heterocycles. The Morgan fingerprint density at radius 3 is 2.52 bits per heavy atom. The van der Waals surface area contributed by atoms with Gasteiger partial charge in [0.1, 0.15) is 6.33 Å². The number of rotatable bonds is 4. The smallest absolute Gasteiger partial charge is 0.265 e. The molecule has 5 heteroatoms. The van der Waals surface area contributed by atoms with Gasteiger partial charge in [0.25, 0.3) is 11.5 Å². The Morgan fingerprint density at radius 1 is 1.00 bits per heavy atom. The molecular formula is C24H21N3O2. The molecule has 0 aliphatic rings. The van der Waals surface area contributed by atoms with Crippen LogP contribution in [0.1, 0.15) is 28.4 Å². The fourth-order valence-electron chi connectivity index (χ4n) is 3.41. The fourth-order valence-corrected chi connectivity index (χ4v) is 3.41. The summed E-state index contributed by atoms with van der Waals surface area (Å²) in [4.78, 5) is 29.8. The van der Waals surface area contributed by atoms with E-state index < -0.39 is 0 Å². The molecule has 29 heavy (non-hydrogen) atoms. The van der Waals surface area contributed by atoms with Gasteiger partial charge in [-0.25, -0.2) is 4.98 Å². The number of benzene rings is 3. The fraction of sp³-hybridized carbons (Fsp3) is 0.125. The first-order chi connectivity index (χ1) is 14.1. The van der Waals surface area contributed by atoms with Crippen LogP contribution in [-0.2, 0) is 6.42 Å². The molecule has 3 aromatic carbocycles. The van der Waals surface area contributed by atoms with Crippen molar-refractivity contribution in [3.05, 3.63) is 100 Å². The summed E-state index contributed by atoms with van der Waals surface area (Å²) in [5, 5.41) is 3.58. The second-order valence-electron chi connectivity index (χ2n) is 6.90. The Hall–Kier alpha value is -3.73. The number of nitrogens with one attached hydrogen (secondary N) is 1. The van der Waals surface area contributed by atoms with Gasteiger partial charge in [-0.3, -0.25) is 14.2 Å². The molecule has 0 fully saturated rings. The van der Waals surface area contributed by atoms with Crippen molar-refractivity contribution >= 4 is 22.5 Å². The van der Waals surface area contributed by atoms with Gasteiger partial charge >= 0.3 is 0 Å². The van der Waals surface area contributed by atoms with Gasteiger partial charge in [-0.05, 0) is 60.9 Å². The second-order valence-corrected chi connectivity index (χ2v) is 6.90. The van der Waals surface area contributed by atoms with Gasteiger partial charge in [-0.2, -0.15) is 0 Å². The van der Waals surface area contributed by atoms with E-state index in [1.807, 2.05) is 43.3 Å². The SMILES string of the molecule is CCc1cccc(C)c1NC(=O)c1ccc(-n2cnc3ccccc3c2=O)cc1. The normalized spacial score (nSPS) is 10.8. The van der Waals surface area contributed by atoms with Crippen LogP contribution in [0.3, 0.4) is 0 Å². The maximum absolute atomic E-state index is 12.7. The summed E-state index contributed by atoms with van der Waals surface area (Å²) < 4.78 is 1.49. The third-order valence-corrected chi connectivity index (χ3v) is 5.05. The highest BCUT2D eigenvalue weighted by molar-refractivity contribution is 6.05. The van der Waals surface area contributed by atoms with Gasteiger partial charge in [0.15, 0.2) is 0 Å². The van der Waals surface area contributed by atoms with E-state index in [0.29, 0.717) is 22.2 Å². The number of amides is 1. The molecule has 1 aromatic heterocycles. The standard InChI is InChI=1S/C24H21N3O2/c1-3-17-8-6-7-16(2)22(17)26-23(28)18-11-13-19(14-12-18)27-15-25-21-10-5-4-9-20(21)24(27)29/h4-15H,3H2,1-2H3,(H,26,28). The summed E-state index contributed by atoms with van der Waals surface area (Å²) in [6.07, 6.45) is 2.36. The summed E-state index contributed by atoms with van der Waals surface area (Å²) >= 11 is 0. The second kappa shape index (κ2) is 7.72. The minimum absolute atomic E-state index is 0.139. The first kappa shape index (κ1) is 18.6. The molecule has 0 saturated carbocycles. The van der Waals surface area contributed by atoms with Crippen LogP contribution >= 0.6 is 0 Å². The Balaban J connectivity index is 1.63. The molecule has 0 unspecified atom stereocenters. The average molecular weight is 383 g/mol. The largest absolute Gasteiger partial charge is 0.321 e. The molecule has 0 atom stereocenters. The first-order valence-corrected chi connectivity index (χ1v) is 9.55. The Labute approximate surface area is 168 Å². The lowest BCUT2D eigenvalue weighted by atomic mass is 10.1. The van der Waals surface area contributed by atoms with Crippen LogP contribution in [0.15, 0.2) is 77.9 Å². The predicted octanol–water partition coefficient (Wildman–Crippen LogP) is 4.51. The Bertz CT molecular complexity index is 1260. The number of carbonyl (C=O) groups is 1. The van der Waals surface area contributed by atoms with Crippen LogP contribution in [0.4, 0.5) is 5.69 Å². The zero-order chi connectivity index (χ0) is 20.4. The highest BCUT2D eigenvalue weighted by Gasteiger charge is 2.12. The molecule has 0 aliphatic carbocycles. The number of fused-ring (bicyclic) bond motifs is 1. The molecule has 1 amide bonds. The van der Waals surface area contributed by atoms with Crippen LogP contribution in [-0.4, -0.2) is 15.5 Å². The van der Waals surface area contributed by atoms with Crippen molar-refractivity contribution < 1.29 is 4.79 Å². The zero-order valence-electron chi connectivity index (χ0n) is 16.3. The van der Waals surface area contributed by atoms with Crippen molar-refractivity contribution in [3.8, 4) is 5.69 Å². The molecule has 144 valence electrons. The van der Waals surface area contributed by atoms with Crippen LogP contribution in [0.2, 0.25) is 0 Å². The Kier molecular flexibility index (Phi) is 4.96. The number of para-hydroxylation sites is 2. The number of hydrogen-bond donors (Lipinski definition) is 1. The highest BCUT2D eigenvalue weighted by atomic mass is 16.1. The lowest BCUT2D eigenvalue weighted by molar-refractivity contribution is 0.102. The van der Waals surface area contributed by atoms with E-state index in [4.69, 9.17) is 0 Å². The van der Waals surface area contributed by atoms with E-state index in [1.54, 1.807) is 30.3 Å². The van der Waals surface area contributed by atoms with E-state index >= 15 is 0 Å². The summed E-state index contributed by atoms with van der Waals surface area (Å²) in [7, 11) is 0. The number of aromatic nitrogens is 2. The van der Waals surface area contributed by atoms with Crippen molar-refractivity contribution in [2.75, 3.05) is 5.32 Å². The van der Waals surface area contributed by atoms with Crippen molar-refractivity contribution in [3.63, 3.8) is 0 Å². The minimum atomic E-state index is -0.176. The van der Waals surface area contributed by atoms with Gasteiger partial charge < -0.3 is 5.32 Å². The van der Waals surface area contributed by atoms with E-state index in [0.717, 1.165) is 23.2 Å². The van der Waals surface area contributed by atoms with Crippen LogP contribution in [0, 0.1) is 6.92 Å². The van der Waals surface area contributed by atoms with E-state index in [9.17, 15) is 9.59 Å². The van der Waals surface area contributed by atoms with Crippen molar-refractivity contribution in [2.45, 2.75) is 20.3 Å². The number of anilines is 1. The van der Waals surface area contributed by atoms with Crippen molar-refractivity contribution in [2.24, 2.45) is 0 Å². The molecule has 4 aromatic rings. The third-order valence-electron chi connectivity index (χ3n) is 5.05. The van der Waals surface area contributed by atoms with Gasteiger partial charge in [-0.15, -0.1) is 0 Å².